The molecule has 0 spiro atoms. The van der Waals surface area contributed by atoms with E-state index in [-0.39, 0.29) is 23.9 Å². The van der Waals surface area contributed by atoms with E-state index in [1.807, 2.05) is 44.2 Å². The molecule has 0 aliphatic heterocycles. The molecule has 1 aromatic heterocycles. The lowest BCUT2D eigenvalue weighted by Gasteiger charge is -2.18. The molecule has 0 radical (unpaired) electrons. The Morgan fingerprint density at radius 1 is 1.24 bits per heavy atom. The maximum Gasteiger partial charge on any atom is 0.319 e. The van der Waals surface area contributed by atoms with Gasteiger partial charge in [-0.2, -0.15) is 0 Å². The number of carbonyl (C=O) groups is 1. The maximum absolute atomic E-state index is 12.7. The summed E-state index contributed by atoms with van der Waals surface area (Å²) in [5.74, 6) is 0.339. The number of rotatable bonds is 6. The zero-order valence-corrected chi connectivity index (χ0v) is 15.1. The summed E-state index contributed by atoms with van der Waals surface area (Å²) in [5.41, 5.74) is 1.30. The third-order valence-electron chi connectivity index (χ3n) is 4.10. The third-order valence-corrected chi connectivity index (χ3v) is 4.10. The van der Waals surface area contributed by atoms with Crippen molar-refractivity contribution in [1.82, 2.24) is 14.7 Å². The van der Waals surface area contributed by atoms with Gasteiger partial charge in [0.1, 0.15) is 5.69 Å². The number of hydrogen-bond acceptors (Lipinski definition) is 3. The minimum absolute atomic E-state index is 0.145. The first-order valence-corrected chi connectivity index (χ1v) is 8.37. The van der Waals surface area contributed by atoms with Crippen LogP contribution in [-0.4, -0.2) is 33.1 Å². The van der Waals surface area contributed by atoms with E-state index in [9.17, 15) is 14.7 Å². The lowest BCUT2D eigenvalue weighted by atomic mass is 10.0. The lowest BCUT2D eigenvalue weighted by Crippen LogP contribution is -2.41. The summed E-state index contributed by atoms with van der Waals surface area (Å²) in [5, 5.41) is 14.7. The number of urea groups is 1. The number of amides is 2. The second kappa shape index (κ2) is 8.02. The number of para-hydroxylation sites is 1. The van der Waals surface area contributed by atoms with E-state index in [1.54, 1.807) is 18.7 Å². The predicted octanol–water partition coefficient (Wildman–Crippen LogP) is 2.01. The number of nitrogens with one attached hydrogen (secondary N) is 2. The van der Waals surface area contributed by atoms with Crippen LogP contribution in [0, 0.1) is 12.8 Å². The van der Waals surface area contributed by atoms with Gasteiger partial charge in [0.15, 0.2) is 0 Å². The number of carbonyl (C=O) groups excluding carboxylic acids is 1. The van der Waals surface area contributed by atoms with Crippen molar-refractivity contribution in [2.24, 2.45) is 13.0 Å². The highest BCUT2D eigenvalue weighted by atomic mass is 16.3. The van der Waals surface area contributed by atoms with Crippen LogP contribution in [0.1, 0.15) is 26.0 Å². The molecule has 1 unspecified atom stereocenters. The zero-order chi connectivity index (χ0) is 18.6. The Balaban J connectivity index is 2.23. The fraction of sp³-hybridized carbons (Fsp3) is 0.444. The third kappa shape index (κ3) is 4.30. The predicted molar refractivity (Wildman–Crippen MR) is 98.2 cm³/mol. The highest BCUT2D eigenvalue weighted by molar-refractivity contribution is 5.90. The normalized spacial score (nSPS) is 12.2. The summed E-state index contributed by atoms with van der Waals surface area (Å²) < 4.78 is 3.20. The summed E-state index contributed by atoms with van der Waals surface area (Å²) in [6, 6.07) is 8.39. The first-order chi connectivity index (χ1) is 11.8. The summed E-state index contributed by atoms with van der Waals surface area (Å²) in [6.07, 6.45) is 0.659. The van der Waals surface area contributed by atoms with Crippen LogP contribution in [0.15, 0.2) is 35.1 Å². The summed E-state index contributed by atoms with van der Waals surface area (Å²) in [7, 11) is 1.77. The van der Waals surface area contributed by atoms with Crippen LogP contribution >= 0.6 is 0 Å². The molecule has 1 heterocycles. The van der Waals surface area contributed by atoms with Crippen LogP contribution in [0.5, 0.6) is 0 Å². The van der Waals surface area contributed by atoms with Crippen LogP contribution in [0.4, 0.5) is 10.5 Å². The molecule has 1 atom stereocenters. The molecule has 0 fully saturated rings. The number of nitrogens with zero attached hydrogens (tertiary/aromatic N) is 2. The van der Waals surface area contributed by atoms with Crippen LogP contribution in [-0.2, 0) is 7.05 Å². The number of benzene rings is 1. The van der Waals surface area contributed by atoms with E-state index < -0.39 is 6.03 Å². The van der Waals surface area contributed by atoms with Gasteiger partial charge in [-0.15, -0.1) is 0 Å². The lowest BCUT2D eigenvalue weighted by molar-refractivity contribution is 0.214. The van der Waals surface area contributed by atoms with Crippen molar-refractivity contribution in [2.75, 3.05) is 11.9 Å². The van der Waals surface area contributed by atoms with Crippen LogP contribution in [0.25, 0.3) is 5.69 Å². The standard InChI is InChI=1S/C18H26N4O3/c1-12(2)10-14(11-23)19-18(25)20-16-13(3)21(4)22(17(16)24)15-8-6-5-7-9-15/h5-9,12,14,23H,10-11H2,1-4H3,(H2,19,20,25). The van der Waals surface area contributed by atoms with Gasteiger partial charge in [-0.05, 0) is 31.4 Å². The van der Waals surface area contributed by atoms with Crippen LogP contribution < -0.4 is 16.2 Å². The number of aliphatic hydroxyl groups excluding tert-OH is 1. The fourth-order valence-corrected chi connectivity index (χ4v) is 2.80. The second-order valence-corrected chi connectivity index (χ2v) is 6.54. The van der Waals surface area contributed by atoms with E-state index in [0.717, 1.165) is 5.69 Å². The molecule has 0 aliphatic carbocycles. The largest absolute Gasteiger partial charge is 0.394 e. The first-order valence-electron chi connectivity index (χ1n) is 8.37. The van der Waals surface area contributed by atoms with Gasteiger partial charge in [0.2, 0.25) is 0 Å². The Morgan fingerprint density at radius 2 is 1.88 bits per heavy atom. The molecule has 1 aromatic carbocycles. The maximum atomic E-state index is 12.7. The molecular weight excluding hydrogens is 320 g/mol. The topological polar surface area (TPSA) is 88.3 Å². The SMILES string of the molecule is Cc1c(NC(=O)NC(CO)CC(C)C)c(=O)n(-c2ccccc2)n1C. The van der Waals surface area contributed by atoms with Crippen molar-refractivity contribution in [2.45, 2.75) is 33.2 Å². The Bertz CT molecular complexity index is 778. The minimum atomic E-state index is -0.495. The van der Waals surface area contributed by atoms with Crippen molar-refractivity contribution < 1.29 is 9.90 Å². The summed E-state index contributed by atoms with van der Waals surface area (Å²) >= 11 is 0. The molecule has 7 nitrogen and oxygen atoms in total. The summed E-state index contributed by atoms with van der Waals surface area (Å²) in [4.78, 5) is 25.0. The quantitative estimate of drug-likeness (QED) is 0.748. The van der Waals surface area contributed by atoms with Gasteiger partial charge in [-0.1, -0.05) is 32.0 Å². The minimum Gasteiger partial charge on any atom is -0.394 e. The number of anilines is 1. The van der Waals surface area contributed by atoms with Gasteiger partial charge < -0.3 is 15.7 Å². The molecule has 2 rings (SSSR count). The average Bonchev–Trinajstić information content (AvgIpc) is 2.78. The van der Waals surface area contributed by atoms with Gasteiger partial charge >= 0.3 is 6.03 Å². The first kappa shape index (κ1) is 18.8. The van der Waals surface area contributed by atoms with Crippen molar-refractivity contribution in [3.8, 4) is 5.69 Å². The number of aliphatic hydroxyl groups is 1. The average molecular weight is 346 g/mol. The molecule has 0 saturated carbocycles. The van der Waals surface area contributed by atoms with E-state index >= 15 is 0 Å². The molecule has 3 N–H and O–H groups in total. The van der Waals surface area contributed by atoms with Gasteiger partial charge in [0.05, 0.1) is 24.0 Å². The molecule has 2 amide bonds. The van der Waals surface area contributed by atoms with Crippen molar-refractivity contribution in [1.29, 1.82) is 0 Å². The van der Waals surface area contributed by atoms with E-state index in [1.165, 1.54) is 4.68 Å². The highest BCUT2D eigenvalue weighted by Gasteiger charge is 2.19. The Labute approximate surface area is 147 Å². The fourth-order valence-electron chi connectivity index (χ4n) is 2.80. The molecule has 25 heavy (non-hydrogen) atoms. The molecule has 136 valence electrons. The Morgan fingerprint density at radius 3 is 2.44 bits per heavy atom. The molecule has 0 saturated heterocycles. The molecule has 2 aromatic rings. The Hall–Kier alpha value is -2.54. The van der Waals surface area contributed by atoms with Crippen molar-refractivity contribution in [3.63, 3.8) is 0 Å². The van der Waals surface area contributed by atoms with E-state index in [2.05, 4.69) is 10.6 Å². The van der Waals surface area contributed by atoms with Crippen molar-refractivity contribution in [3.05, 3.63) is 46.4 Å². The van der Waals surface area contributed by atoms with Gasteiger partial charge in [0.25, 0.3) is 5.56 Å². The second-order valence-electron chi connectivity index (χ2n) is 6.54. The highest BCUT2D eigenvalue weighted by Crippen LogP contribution is 2.14. The zero-order valence-electron chi connectivity index (χ0n) is 15.1. The molecular formula is C18H26N4O3. The van der Waals surface area contributed by atoms with Gasteiger partial charge in [-0.25, -0.2) is 9.48 Å². The van der Waals surface area contributed by atoms with Crippen LogP contribution in [0.3, 0.4) is 0 Å². The Kier molecular flexibility index (Phi) is 6.03. The van der Waals surface area contributed by atoms with Gasteiger partial charge in [-0.3, -0.25) is 9.48 Å². The number of aromatic nitrogens is 2. The van der Waals surface area contributed by atoms with E-state index in [0.29, 0.717) is 18.0 Å². The number of hydrogen-bond donors (Lipinski definition) is 3. The van der Waals surface area contributed by atoms with E-state index in [4.69, 9.17) is 0 Å². The van der Waals surface area contributed by atoms with Crippen molar-refractivity contribution >= 4 is 11.7 Å². The van der Waals surface area contributed by atoms with Crippen LogP contribution in [0.2, 0.25) is 0 Å². The summed E-state index contributed by atoms with van der Waals surface area (Å²) in [6.45, 7) is 5.66. The monoisotopic (exact) mass is 346 g/mol. The molecule has 7 heteroatoms. The molecule has 0 aliphatic rings. The molecule has 0 bridgehead atoms. The van der Waals surface area contributed by atoms with Gasteiger partial charge in [0, 0.05) is 7.05 Å². The smallest absolute Gasteiger partial charge is 0.319 e.